The molecule has 0 unspecified atom stereocenters. The Morgan fingerprint density at radius 3 is 2.83 bits per heavy atom. The monoisotopic (exact) mass is 345 g/mol. The van der Waals surface area contributed by atoms with E-state index in [1.807, 2.05) is 13.0 Å². The smallest absolute Gasteiger partial charge is 0.347 e. The van der Waals surface area contributed by atoms with Crippen LogP contribution in [-0.4, -0.2) is 16.1 Å². The van der Waals surface area contributed by atoms with Crippen molar-refractivity contribution >= 4 is 44.8 Å². The van der Waals surface area contributed by atoms with Crippen LogP contribution in [0.3, 0.4) is 0 Å². The standard InChI is InChI=1S/C12H9BrClNO2S/c1-2-9-10(12(16)17)18-11(15-9)7-5-6(14)3-4-8(7)13/h3-5H,2H2,1H3,(H,16,17). The molecule has 0 fully saturated rings. The number of halogens is 2. The first-order chi connectivity index (χ1) is 8.52. The SMILES string of the molecule is CCc1nc(-c2cc(Cl)ccc2Br)sc1C(=O)O. The quantitative estimate of drug-likeness (QED) is 0.891. The minimum Gasteiger partial charge on any atom is -0.477 e. The van der Waals surface area contributed by atoms with E-state index < -0.39 is 5.97 Å². The molecular formula is C12H9BrClNO2S. The molecule has 0 aliphatic heterocycles. The fourth-order valence-corrected chi connectivity index (χ4v) is 3.30. The zero-order valence-electron chi connectivity index (χ0n) is 9.41. The molecule has 0 radical (unpaired) electrons. The predicted molar refractivity (Wildman–Crippen MR) is 76.6 cm³/mol. The third kappa shape index (κ3) is 2.58. The molecule has 0 bridgehead atoms. The zero-order chi connectivity index (χ0) is 13.3. The number of aromatic nitrogens is 1. The average molecular weight is 347 g/mol. The van der Waals surface area contributed by atoms with Crippen molar-refractivity contribution in [2.24, 2.45) is 0 Å². The highest BCUT2D eigenvalue weighted by molar-refractivity contribution is 9.10. The van der Waals surface area contributed by atoms with Crippen molar-refractivity contribution in [2.75, 3.05) is 0 Å². The maximum Gasteiger partial charge on any atom is 0.347 e. The molecule has 2 aromatic rings. The van der Waals surface area contributed by atoms with Gasteiger partial charge in [-0.15, -0.1) is 11.3 Å². The van der Waals surface area contributed by atoms with Crippen LogP contribution in [0, 0.1) is 0 Å². The van der Waals surface area contributed by atoms with Crippen LogP contribution in [0.5, 0.6) is 0 Å². The minimum atomic E-state index is -0.936. The van der Waals surface area contributed by atoms with Gasteiger partial charge in [0, 0.05) is 15.1 Å². The Balaban J connectivity index is 2.57. The maximum absolute atomic E-state index is 11.1. The minimum absolute atomic E-state index is 0.291. The number of benzene rings is 1. The van der Waals surface area contributed by atoms with Crippen molar-refractivity contribution in [1.29, 1.82) is 0 Å². The van der Waals surface area contributed by atoms with Gasteiger partial charge in [-0.05, 0) is 24.6 Å². The van der Waals surface area contributed by atoms with Gasteiger partial charge in [0.05, 0.1) is 5.69 Å². The molecular weight excluding hydrogens is 338 g/mol. The molecule has 0 aliphatic carbocycles. The van der Waals surface area contributed by atoms with Gasteiger partial charge in [-0.25, -0.2) is 9.78 Å². The number of rotatable bonds is 3. The number of carboxylic acids is 1. The molecule has 0 atom stereocenters. The lowest BCUT2D eigenvalue weighted by Gasteiger charge is -2.00. The summed E-state index contributed by atoms with van der Waals surface area (Å²) in [5.41, 5.74) is 1.42. The lowest BCUT2D eigenvalue weighted by molar-refractivity contribution is 0.0701. The highest BCUT2D eigenvalue weighted by atomic mass is 79.9. The van der Waals surface area contributed by atoms with E-state index in [0.717, 1.165) is 10.0 Å². The summed E-state index contributed by atoms with van der Waals surface area (Å²) in [5, 5.41) is 10.4. The molecule has 0 spiro atoms. The number of hydrogen-bond acceptors (Lipinski definition) is 3. The molecule has 18 heavy (non-hydrogen) atoms. The Bertz CT molecular complexity index is 612. The Morgan fingerprint density at radius 2 is 2.28 bits per heavy atom. The summed E-state index contributed by atoms with van der Waals surface area (Å²) < 4.78 is 0.847. The fourth-order valence-electron chi connectivity index (χ4n) is 1.54. The van der Waals surface area contributed by atoms with Gasteiger partial charge in [0.2, 0.25) is 0 Å². The van der Waals surface area contributed by atoms with Crippen LogP contribution < -0.4 is 0 Å². The number of aromatic carboxylic acids is 1. The van der Waals surface area contributed by atoms with Gasteiger partial charge in [-0.1, -0.05) is 34.5 Å². The maximum atomic E-state index is 11.1. The molecule has 0 aliphatic rings. The van der Waals surface area contributed by atoms with E-state index in [0.29, 0.717) is 27.0 Å². The van der Waals surface area contributed by atoms with Gasteiger partial charge in [-0.2, -0.15) is 0 Å². The van der Waals surface area contributed by atoms with Gasteiger partial charge in [0.25, 0.3) is 0 Å². The second-order valence-corrected chi connectivity index (χ2v) is 5.87. The van der Waals surface area contributed by atoms with Crippen LogP contribution >= 0.6 is 38.9 Å². The van der Waals surface area contributed by atoms with Crippen molar-refractivity contribution in [1.82, 2.24) is 4.98 Å². The van der Waals surface area contributed by atoms with E-state index in [1.165, 1.54) is 11.3 Å². The molecule has 1 heterocycles. The highest BCUT2D eigenvalue weighted by Crippen LogP contribution is 2.35. The molecule has 0 saturated carbocycles. The van der Waals surface area contributed by atoms with Crippen LogP contribution in [0.4, 0.5) is 0 Å². The number of carboxylic acid groups (broad SMARTS) is 1. The normalized spacial score (nSPS) is 10.6. The van der Waals surface area contributed by atoms with Crippen molar-refractivity contribution in [3.05, 3.63) is 38.3 Å². The Labute approximate surface area is 122 Å². The molecule has 2 rings (SSSR count). The Kier molecular flexibility index (Phi) is 4.04. The van der Waals surface area contributed by atoms with Crippen LogP contribution in [0.1, 0.15) is 22.3 Å². The van der Waals surface area contributed by atoms with Gasteiger partial charge in [0.15, 0.2) is 0 Å². The third-order valence-corrected chi connectivity index (χ3v) is 4.43. The lowest BCUT2D eigenvalue weighted by Crippen LogP contribution is -1.97. The van der Waals surface area contributed by atoms with E-state index in [4.69, 9.17) is 16.7 Å². The molecule has 6 heteroatoms. The average Bonchev–Trinajstić information content (AvgIpc) is 2.76. The number of nitrogens with zero attached hydrogens (tertiary/aromatic N) is 1. The lowest BCUT2D eigenvalue weighted by atomic mass is 10.2. The summed E-state index contributed by atoms with van der Waals surface area (Å²) in [6.45, 7) is 1.89. The summed E-state index contributed by atoms with van der Waals surface area (Å²) in [7, 11) is 0. The summed E-state index contributed by atoms with van der Waals surface area (Å²) in [5.74, 6) is -0.936. The van der Waals surface area contributed by atoms with Crippen LogP contribution in [-0.2, 0) is 6.42 Å². The largest absolute Gasteiger partial charge is 0.477 e. The molecule has 1 aromatic heterocycles. The topological polar surface area (TPSA) is 50.2 Å². The number of thiazole rings is 1. The van der Waals surface area contributed by atoms with E-state index in [-0.39, 0.29) is 0 Å². The molecule has 1 N–H and O–H groups in total. The molecule has 0 amide bonds. The van der Waals surface area contributed by atoms with Gasteiger partial charge >= 0.3 is 5.97 Å². The summed E-state index contributed by atoms with van der Waals surface area (Å²) in [6.07, 6.45) is 0.594. The second kappa shape index (κ2) is 5.38. The highest BCUT2D eigenvalue weighted by Gasteiger charge is 2.18. The van der Waals surface area contributed by atoms with E-state index in [1.54, 1.807) is 12.1 Å². The Hall–Kier alpha value is -0.910. The van der Waals surface area contributed by atoms with Gasteiger partial charge < -0.3 is 5.11 Å². The third-order valence-electron chi connectivity index (χ3n) is 2.39. The van der Waals surface area contributed by atoms with E-state index in [9.17, 15) is 4.79 Å². The number of hydrogen-bond donors (Lipinski definition) is 1. The van der Waals surface area contributed by atoms with Crippen molar-refractivity contribution in [3.8, 4) is 10.6 Å². The number of carbonyl (C=O) groups is 1. The first-order valence-corrected chi connectivity index (χ1v) is 7.20. The second-order valence-electron chi connectivity index (χ2n) is 3.58. The first kappa shape index (κ1) is 13.5. The predicted octanol–water partition coefficient (Wildman–Crippen LogP) is 4.49. The van der Waals surface area contributed by atoms with Crippen LogP contribution in [0.25, 0.3) is 10.6 Å². The van der Waals surface area contributed by atoms with Crippen LogP contribution in [0.15, 0.2) is 22.7 Å². The zero-order valence-corrected chi connectivity index (χ0v) is 12.6. The number of aryl methyl sites for hydroxylation is 1. The van der Waals surface area contributed by atoms with Crippen LogP contribution in [0.2, 0.25) is 5.02 Å². The molecule has 94 valence electrons. The van der Waals surface area contributed by atoms with Gasteiger partial charge in [-0.3, -0.25) is 0 Å². The first-order valence-electron chi connectivity index (χ1n) is 5.21. The van der Waals surface area contributed by atoms with Crippen molar-refractivity contribution < 1.29 is 9.90 Å². The van der Waals surface area contributed by atoms with E-state index in [2.05, 4.69) is 20.9 Å². The summed E-state index contributed by atoms with van der Waals surface area (Å²) >= 11 is 10.5. The van der Waals surface area contributed by atoms with Gasteiger partial charge in [0.1, 0.15) is 9.88 Å². The van der Waals surface area contributed by atoms with Crippen molar-refractivity contribution in [2.45, 2.75) is 13.3 Å². The molecule has 0 saturated heterocycles. The van der Waals surface area contributed by atoms with Crippen molar-refractivity contribution in [3.63, 3.8) is 0 Å². The summed E-state index contributed by atoms with van der Waals surface area (Å²) in [4.78, 5) is 15.8. The summed E-state index contributed by atoms with van der Waals surface area (Å²) in [6, 6.07) is 5.36. The molecule has 1 aromatic carbocycles. The van der Waals surface area contributed by atoms with E-state index >= 15 is 0 Å². The molecule has 3 nitrogen and oxygen atoms in total. The Morgan fingerprint density at radius 1 is 1.56 bits per heavy atom. The fraction of sp³-hybridized carbons (Fsp3) is 0.167.